The van der Waals surface area contributed by atoms with Gasteiger partial charge in [-0.3, -0.25) is 9.59 Å². The van der Waals surface area contributed by atoms with Crippen molar-refractivity contribution in [3.8, 4) is 0 Å². The van der Waals surface area contributed by atoms with Crippen LogP contribution in [0.15, 0.2) is 24.3 Å². The topological polar surface area (TPSA) is 69.6 Å². The minimum Gasteiger partial charge on any atom is -0.394 e. The van der Waals surface area contributed by atoms with Crippen LogP contribution in [0.4, 0.5) is 5.69 Å². The largest absolute Gasteiger partial charge is 0.394 e. The van der Waals surface area contributed by atoms with E-state index in [4.69, 9.17) is 0 Å². The monoisotopic (exact) mass is 262 g/mol. The number of Topliss-reactive ketones (excluding diaryl/α,β-unsaturated/α-hetero) is 1. The molecule has 5 nitrogen and oxygen atoms in total. The van der Waals surface area contributed by atoms with Gasteiger partial charge in [-0.1, -0.05) is 0 Å². The summed E-state index contributed by atoms with van der Waals surface area (Å²) in [6.07, 6.45) is 0. The Kier molecular flexibility index (Phi) is 3.85. The van der Waals surface area contributed by atoms with Gasteiger partial charge in [-0.15, -0.1) is 0 Å². The molecule has 0 bridgehead atoms. The quantitative estimate of drug-likeness (QED) is 0.782. The van der Waals surface area contributed by atoms with Gasteiger partial charge in [0.1, 0.15) is 6.04 Å². The van der Waals surface area contributed by atoms with Crippen LogP contribution >= 0.6 is 0 Å². The number of aliphatic hydroxyl groups excluding tert-OH is 1. The molecule has 1 fully saturated rings. The van der Waals surface area contributed by atoms with E-state index < -0.39 is 6.04 Å². The molecule has 102 valence electrons. The van der Waals surface area contributed by atoms with Gasteiger partial charge in [0.05, 0.1) is 6.61 Å². The lowest BCUT2D eigenvalue weighted by molar-refractivity contribution is -0.124. The molecule has 2 unspecified atom stereocenters. The number of anilines is 1. The smallest absolute Gasteiger partial charge is 0.245 e. The molecule has 0 spiro atoms. The standard InChI is InChI=1S/C14H18N2O3/c1-9-7-15-14(19)13(8-17)16(9)12-5-3-11(4-6-12)10(2)18/h3-6,9,13,17H,7-8H2,1-2H3,(H,15,19). The number of carbonyl (C=O) groups excluding carboxylic acids is 2. The maximum Gasteiger partial charge on any atom is 0.245 e. The highest BCUT2D eigenvalue weighted by Crippen LogP contribution is 2.23. The number of nitrogens with one attached hydrogen (secondary N) is 1. The van der Waals surface area contributed by atoms with Crippen LogP contribution in [0.25, 0.3) is 0 Å². The van der Waals surface area contributed by atoms with Crippen molar-refractivity contribution in [2.45, 2.75) is 25.9 Å². The third-order valence-corrected chi connectivity index (χ3v) is 3.43. The van der Waals surface area contributed by atoms with Crippen molar-refractivity contribution in [2.75, 3.05) is 18.1 Å². The molecule has 1 heterocycles. The van der Waals surface area contributed by atoms with Crippen LogP contribution in [0.1, 0.15) is 24.2 Å². The number of piperazine rings is 1. The third kappa shape index (κ3) is 2.61. The first-order chi connectivity index (χ1) is 9.04. The lowest BCUT2D eigenvalue weighted by Crippen LogP contribution is -2.61. The van der Waals surface area contributed by atoms with Gasteiger partial charge in [-0.05, 0) is 38.1 Å². The number of hydrogen-bond donors (Lipinski definition) is 2. The Morgan fingerprint density at radius 3 is 2.58 bits per heavy atom. The van der Waals surface area contributed by atoms with E-state index in [1.54, 1.807) is 12.1 Å². The highest BCUT2D eigenvalue weighted by atomic mass is 16.3. The molecule has 19 heavy (non-hydrogen) atoms. The van der Waals surface area contributed by atoms with Crippen molar-refractivity contribution < 1.29 is 14.7 Å². The molecular weight excluding hydrogens is 244 g/mol. The number of aliphatic hydroxyl groups is 1. The van der Waals surface area contributed by atoms with E-state index in [-0.39, 0.29) is 24.3 Å². The van der Waals surface area contributed by atoms with E-state index in [1.807, 2.05) is 24.0 Å². The number of carbonyl (C=O) groups is 2. The Balaban J connectivity index is 2.31. The molecular formula is C14H18N2O3. The van der Waals surface area contributed by atoms with E-state index in [0.717, 1.165) is 5.69 Å². The first kappa shape index (κ1) is 13.5. The molecule has 1 amide bonds. The van der Waals surface area contributed by atoms with E-state index >= 15 is 0 Å². The Bertz CT molecular complexity index is 484. The summed E-state index contributed by atoms with van der Waals surface area (Å²) in [5.74, 6) is -0.161. The van der Waals surface area contributed by atoms with Gasteiger partial charge in [0.2, 0.25) is 5.91 Å². The molecule has 0 radical (unpaired) electrons. The Morgan fingerprint density at radius 2 is 2.05 bits per heavy atom. The second-order valence-corrected chi connectivity index (χ2v) is 4.80. The zero-order valence-electron chi connectivity index (χ0n) is 11.1. The number of rotatable bonds is 3. The number of benzene rings is 1. The van der Waals surface area contributed by atoms with Gasteiger partial charge in [0.15, 0.2) is 5.78 Å². The molecule has 0 saturated carbocycles. The normalized spacial score (nSPS) is 23.1. The van der Waals surface area contributed by atoms with Crippen molar-refractivity contribution >= 4 is 17.4 Å². The van der Waals surface area contributed by atoms with Gasteiger partial charge in [0, 0.05) is 23.8 Å². The van der Waals surface area contributed by atoms with Gasteiger partial charge >= 0.3 is 0 Å². The van der Waals surface area contributed by atoms with E-state index in [0.29, 0.717) is 12.1 Å². The van der Waals surface area contributed by atoms with Crippen LogP contribution < -0.4 is 10.2 Å². The van der Waals surface area contributed by atoms with E-state index in [1.165, 1.54) is 6.92 Å². The summed E-state index contributed by atoms with van der Waals surface area (Å²) in [7, 11) is 0. The molecule has 0 aliphatic carbocycles. The molecule has 0 aromatic heterocycles. The predicted octanol–water partition coefficient (Wildman–Crippen LogP) is 0.575. The maximum atomic E-state index is 11.8. The van der Waals surface area contributed by atoms with E-state index in [9.17, 15) is 14.7 Å². The van der Waals surface area contributed by atoms with Gasteiger partial charge in [0.25, 0.3) is 0 Å². The van der Waals surface area contributed by atoms with Gasteiger partial charge in [-0.2, -0.15) is 0 Å². The minimum absolute atomic E-state index is 0.00898. The minimum atomic E-state index is -0.577. The number of nitrogens with zero attached hydrogens (tertiary/aromatic N) is 1. The predicted molar refractivity (Wildman–Crippen MR) is 72.3 cm³/mol. The van der Waals surface area contributed by atoms with E-state index in [2.05, 4.69) is 5.32 Å². The summed E-state index contributed by atoms with van der Waals surface area (Å²) in [5, 5.41) is 12.2. The van der Waals surface area contributed by atoms with Crippen LogP contribution in [0.2, 0.25) is 0 Å². The van der Waals surface area contributed by atoms with Crippen molar-refractivity contribution in [2.24, 2.45) is 0 Å². The number of amides is 1. The summed E-state index contributed by atoms with van der Waals surface area (Å²) in [6, 6.07) is 6.63. The van der Waals surface area contributed by atoms with Crippen molar-refractivity contribution in [1.82, 2.24) is 5.32 Å². The second-order valence-electron chi connectivity index (χ2n) is 4.80. The Labute approximate surface area is 112 Å². The van der Waals surface area contributed by atoms with Crippen LogP contribution in [0.5, 0.6) is 0 Å². The molecule has 1 aliphatic rings. The number of hydrogen-bond acceptors (Lipinski definition) is 4. The first-order valence-corrected chi connectivity index (χ1v) is 6.32. The Hall–Kier alpha value is -1.88. The molecule has 1 aliphatic heterocycles. The summed E-state index contributed by atoms with van der Waals surface area (Å²) < 4.78 is 0. The van der Waals surface area contributed by atoms with Crippen LogP contribution in [-0.4, -0.2) is 42.0 Å². The van der Waals surface area contributed by atoms with Crippen LogP contribution in [-0.2, 0) is 4.79 Å². The van der Waals surface area contributed by atoms with Crippen molar-refractivity contribution in [1.29, 1.82) is 0 Å². The second kappa shape index (κ2) is 5.40. The first-order valence-electron chi connectivity index (χ1n) is 6.32. The summed E-state index contributed by atoms with van der Waals surface area (Å²) >= 11 is 0. The fourth-order valence-electron chi connectivity index (χ4n) is 2.37. The molecule has 2 N–H and O–H groups in total. The van der Waals surface area contributed by atoms with Gasteiger partial charge < -0.3 is 15.3 Å². The lowest BCUT2D eigenvalue weighted by Gasteiger charge is -2.41. The Morgan fingerprint density at radius 1 is 1.42 bits per heavy atom. The zero-order valence-corrected chi connectivity index (χ0v) is 11.1. The highest BCUT2D eigenvalue weighted by Gasteiger charge is 2.33. The average Bonchev–Trinajstić information content (AvgIpc) is 2.41. The fraction of sp³-hybridized carbons (Fsp3) is 0.429. The summed E-state index contributed by atoms with van der Waals surface area (Å²) in [4.78, 5) is 24.9. The molecule has 1 aromatic carbocycles. The SMILES string of the molecule is CC(=O)c1ccc(N2C(C)CNC(=O)C2CO)cc1. The fourth-order valence-corrected chi connectivity index (χ4v) is 2.37. The maximum absolute atomic E-state index is 11.8. The zero-order chi connectivity index (χ0) is 14.0. The molecule has 5 heteroatoms. The molecule has 2 atom stereocenters. The number of ketones is 1. The molecule has 1 aromatic rings. The van der Waals surface area contributed by atoms with Crippen molar-refractivity contribution in [3.05, 3.63) is 29.8 Å². The average molecular weight is 262 g/mol. The molecule has 2 rings (SSSR count). The van der Waals surface area contributed by atoms with Crippen molar-refractivity contribution in [3.63, 3.8) is 0 Å². The third-order valence-electron chi connectivity index (χ3n) is 3.43. The van der Waals surface area contributed by atoms with Crippen LogP contribution in [0, 0.1) is 0 Å². The summed E-state index contributed by atoms with van der Waals surface area (Å²) in [5.41, 5.74) is 1.48. The summed E-state index contributed by atoms with van der Waals surface area (Å²) in [6.45, 7) is 3.82. The molecule has 1 saturated heterocycles. The van der Waals surface area contributed by atoms with Crippen LogP contribution in [0.3, 0.4) is 0 Å². The lowest BCUT2D eigenvalue weighted by atomic mass is 10.1. The van der Waals surface area contributed by atoms with Gasteiger partial charge in [-0.25, -0.2) is 0 Å². The highest BCUT2D eigenvalue weighted by molar-refractivity contribution is 5.94.